The summed E-state index contributed by atoms with van der Waals surface area (Å²) in [6.07, 6.45) is 1.58. The largest absolute Gasteiger partial charge is 0.422 e. The zero-order chi connectivity index (χ0) is 19.7. The van der Waals surface area contributed by atoms with Crippen LogP contribution in [0.25, 0.3) is 11.2 Å². The molecule has 1 saturated heterocycles. The highest BCUT2D eigenvalue weighted by atomic mass is 16.4. The summed E-state index contributed by atoms with van der Waals surface area (Å²) in [5.41, 5.74) is 4.37. The Kier molecular flexibility index (Phi) is 5.02. The van der Waals surface area contributed by atoms with Gasteiger partial charge in [0, 0.05) is 36.9 Å². The molecule has 0 atom stereocenters. The Hall–Kier alpha value is -2.90. The molecule has 8 nitrogen and oxygen atoms in total. The number of oxazole rings is 1. The summed E-state index contributed by atoms with van der Waals surface area (Å²) in [5, 5.41) is 7.47. The summed E-state index contributed by atoms with van der Waals surface area (Å²) < 4.78 is 7.76. The Morgan fingerprint density at radius 1 is 1.18 bits per heavy atom. The van der Waals surface area contributed by atoms with Gasteiger partial charge in [0.25, 0.3) is 6.01 Å². The van der Waals surface area contributed by atoms with Gasteiger partial charge in [0.15, 0.2) is 5.58 Å². The maximum Gasteiger partial charge on any atom is 0.299 e. The number of piperidine rings is 1. The van der Waals surface area contributed by atoms with Crippen LogP contribution in [0.15, 0.2) is 22.6 Å². The van der Waals surface area contributed by atoms with E-state index in [-0.39, 0.29) is 11.8 Å². The minimum atomic E-state index is 0.0291. The molecule has 1 amide bonds. The fourth-order valence-electron chi connectivity index (χ4n) is 3.70. The van der Waals surface area contributed by atoms with Crippen molar-refractivity contribution >= 4 is 23.2 Å². The lowest BCUT2D eigenvalue weighted by Crippen LogP contribution is -2.41. The Morgan fingerprint density at radius 2 is 1.96 bits per heavy atom. The van der Waals surface area contributed by atoms with E-state index in [2.05, 4.69) is 25.3 Å². The average Bonchev–Trinajstić information content (AvgIpc) is 3.24. The van der Waals surface area contributed by atoms with Crippen LogP contribution in [0.4, 0.5) is 6.01 Å². The number of hydrogen-bond acceptors (Lipinski definition) is 6. The molecule has 1 aliphatic heterocycles. The third-order valence-corrected chi connectivity index (χ3v) is 5.24. The van der Waals surface area contributed by atoms with E-state index in [0.717, 1.165) is 43.0 Å². The van der Waals surface area contributed by atoms with Crippen LogP contribution in [0.3, 0.4) is 0 Å². The van der Waals surface area contributed by atoms with Crippen molar-refractivity contribution in [1.82, 2.24) is 25.1 Å². The molecular weight excluding hydrogens is 356 g/mol. The smallest absolute Gasteiger partial charge is 0.299 e. The van der Waals surface area contributed by atoms with Crippen molar-refractivity contribution < 1.29 is 9.21 Å². The molecule has 0 radical (unpaired) electrons. The highest BCUT2D eigenvalue weighted by Gasteiger charge is 2.27. The van der Waals surface area contributed by atoms with Crippen molar-refractivity contribution in [2.75, 3.05) is 24.5 Å². The molecule has 0 unspecified atom stereocenters. The zero-order valence-electron chi connectivity index (χ0n) is 16.6. The summed E-state index contributed by atoms with van der Waals surface area (Å²) in [6, 6.07) is 6.45. The highest BCUT2D eigenvalue weighted by Crippen LogP contribution is 2.26. The van der Waals surface area contributed by atoms with Crippen LogP contribution in [0.5, 0.6) is 0 Å². The molecule has 1 aliphatic rings. The first-order chi connectivity index (χ1) is 13.5. The number of pyridine rings is 1. The summed E-state index contributed by atoms with van der Waals surface area (Å²) in [6.45, 7) is 8.73. The molecule has 4 heterocycles. The Labute approximate surface area is 163 Å². The quantitative estimate of drug-likeness (QED) is 0.729. The lowest BCUT2D eigenvalue weighted by molar-refractivity contribution is -0.125. The molecular formula is C20H26N6O2. The van der Waals surface area contributed by atoms with Gasteiger partial charge in [-0.3, -0.25) is 9.48 Å². The van der Waals surface area contributed by atoms with Crippen LogP contribution >= 0.6 is 0 Å². The number of rotatable bonds is 5. The molecule has 1 fully saturated rings. The van der Waals surface area contributed by atoms with Gasteiger partial charge in [-0.05, 0) is 51.8 Å². The van der Waals surface area contributed by atoms with Gasteiger partial charge >= 0.3 is 0 Å². The second-order valence-corrected chi connectivity index (χ2v) is 7.47. The number of fused-ring (bicyclic) bond motifs is 1. The monoisotopic (exact) mass is 382 g/mol. The lowest BCUT2D eigenvalue weighted by Gasteiger charge is -2.30. The zero-order valence-corrected chi connectivity index (χ0v) is 16.6. The molecule has 0 bridgehead atoms. The standard InChI is InChI=1S/C20H26N6O2/c1-13-4-5-17-18(22-13)23-20(28-17)25-9-6-16(7-10-25)19(27)21-8-11-26-15(3)12-14(2)24-26/h4-5,12,16H,6-11H2,1-3H3,(H,21,27). The van der Waals surface area contributed by atoms with E-state index in [1.54, 1.807) is 0 Å². The molecule has 8 heteroatoms. The minimum absolute atomic E-state index is 0.0291. The molecule has 1 N–H and O–H groups in total. The fraction of sp³-hybridized carbons (Fsp3) is 0.500. The number of carbonyl (C=O) groups is 1. The lowest BCUT2D eigenvalue weighted by atomic mass is 9.96. The number of nitrogens with zero attached hydrogens (tertiary/aromatic N) is 5. The predicted molar refractivity (Wildman–Crippen MR) is 106 cm³/mol. The SMILES string of the molecule is Cc1ccc2oc(N3CCC(C(=O)NCCn4nc(C)cc4C)CC3)nc2n1. The van der Waals surface area contributed by atoms with Gasteiger partial charge < -0.3 is 14.6 Å². The van der Waals surface area contributed by atoms with Crippen LogP contribution in [0, 0.1) is 26.7 Å². The molecule has 0 spiro atoms. The number of anilines is 1. The van der Waals surface area contributed by atoms with Crippen LogP contribution in [-0.4, -0.2) is 45.3 Å². The van der Waals surface area contributed by atoms with E-state index in [1.807, 2.05) is 43.7 Å². The van der Waals surface area contributed by atoms with Gasteiger partial charge in [-0.2, -0.15) is 10.1 Å². The van der Waals surface area contributed by atoms with Gasteiger partial charge in [0.2, 0.25) is 11.6 Å². The van der Waals surface area contributed by atoms with Crippen LogP contribution in [0.2, 0.25) is 0 Å². The van der Waals surface area contributed by atoms with Gasteiger partial charge in [0.05, 0.1) is 12.2 Å². The number of amides is 1. The Bertz CT molecular complexity index is 984. The van der Waals surface area contributed by atoms with Crippen LogP contribution in [-0.2, 0) is 11.3 Å². The van der Waals surface area contributed by atoms with E-state index in [4.69, 9.17) is 4.42 Å². The van der Waals surface area contributed by atoms with Crippen molar-refractivity contribution in [1.29, 1.82) is 0 Å². The number of hydrogen-bond donors (Lipinski definition) is 1. The Balaban J connectivity index is 1.28. The summed E-state index contributed by atoms with van der Waals surface area (Å²) in [4.78, 5) is 23.5. The molecule has 28 heavy (non-hydrogen) atoms. The van der Waals surface area contributed by atoms with Crippen molar-refractivity contribution in [3.63, 3.8) is 0 Å². The van der Waals surface area contributed by atoms with Gasteiger partial charge in [0.1, 0.15) is 0 Å². The van der Waals surface area contributed by atoms with E-state index in [1.165, 1.54) is 0 Å². The highest BCUT2D eigenvalue weighted by molar-refractivity contribution is 5.79. The minimum Gasteiger partial charge on any atom is -0.422 e. The first kappa shape index (κ1) is 18.5. The van der Waals surface area contributed by atoms with Crippen molar-refractivity contribution in [2.24, 2.45) is 5.92 Å². The summed E-state index contributed by atoms with van der Waals surface area (Å²) in [7, 11) is 0. The average molecular weight is 382 g/mol. The predicted octanol–water partition coefficient (Wildman–Crippen LogP) is 2.38. The van der Waals surface area contributed by atoms with E-state index >= 15 is 0 Å². The number of aryl methyl sites for hydroxylation is 3. The van der Waals surface area contributed by atoms with Gasteiger partial charge in [-0.25, -0.2) is 4.98 Å². The molecule has 0 saturated carbocycles. The molecule has 3 aromatic heterocycles. The molecule has 4 rings (SSSR count). The second-order valence-electron chi connectivity index (χ2n) is 7.47. The maximum absolute atomic E-state index is 12.5. The first-order valence-corrected chi connectivity index (χ1v) is 9.77. The van der Waals surface area contributed by atoms with Gasteiger partial charge in [-0.15, -0.1) is 0 Å². The molecule has 3 aromatic rings. The molecule has 148 valence electrons. The van der Waals surface area contributed by atoms with Gasteiger partial charge in [-0.1, -0.05) is 0 Å². The maximum atomic E-state index is 12.5. The van der Waals surface area contributed by atoms with Crippen molar-refractivity contribution in [3.05, 3.63) is 35.3 Å². The van der Waals surface area contributed by atoms with Crippen LogP contribution in [0.1, 0.15) is 29.9 Å². The van der Waals surface area contributed by atoms with E-state index in [9.17, 15) is 4.79 Å². The van der Waals surface area contributed by atoms with E-state index < -0.39 is 0 Å². The third-order valence-electron chi connectivity index (χ3n) is 5.24. The topological polar surface area (TPSA) is 89.1 Å². The number of nitrogens with one attached hydrogen (secondary N) is 1. The fourth-order valence-corrected chi connectivity index (χ4v) is 3.70. The second kappa shape index (κ2) is 7.61. The third kappa shape index (κ3) is 3.85. The van der Waals surface area contributed by atoms with E-state index in [0.29, 0.717) is 30.3 Å². The number of carbonyl (C=O) groups excluding carboxylic acids is 1. The first-order valence-electron chi connectivity index (χ1n) is 9.77. The van der Waals surface area contributed by atoms with Crippen molar-refractivity contribution in [2.45, 2.75) is 40.2 Å². The molecule has 0 aromatic carbocycles. The van der Waals surface area contributed by atoms with Crippen LogP contribution < -0.4 is 10.2 Å². The summed E-state index contributed by atoms with van der Waals surface area (Å²) in [5.74, 6) is 0.150. The number of aromatic nitrogens is 4. The summed E-state index contributed by atoms with van der Waals surface area (Å²) >= 11 is 0. The normalized spacial score (nSPS) is 15.3. The van der Waals surface area contributed by atoms with Crippen molar-refractivity contribution in [3.8, 4) is 0 Å². The molecule has 0 aliphatic carbocycles. The Morgan fingerprint density at radius 3 is 2.68 bits per heavy atom.